The molecule has 0 heteroatoms. The van der Waals surface area contributed by atoms with Gasteiger partial charge in [-0.1, -0.05) is 60.1 Å². The van der Waals surface area contributed by atoms with Crippen LogP contribution in [0.15, 0.2) is 12.2 Å². The van der Waals surface area contributed by atoms with Gasteiger partial charge in [-0.05, 0) is 128 Å². The Hall–Kier alpha value is -0.260. The van der Waals surface area contributed by atoms with Crippen molar-refractivity contribution in [3.8, 4) is 0 Å². The third kappa shape index (κ3) is 2.64. The Morgan fingerprint density at radius 3 is 2.23 bits per heavy atom. The van der Waals surface area contributed by atoms with Gasteiger partial charge in [0.05, 0.1) is 0 Å². The van der Waals surface area contributed by atoms with Crippen LogP contribution in [-0.2, 0) is 0 Å². The summed E-state index contributed by atoms with van der Waals surface area (Å²) in [6.07, 6.45) is 17.6. The zero-order valence-electron chi connectivity index (χ0n) is 21.2. The van der Waals surface area contributed by atoms with Crippen LogP contribution < -0.4 is 0 Å². The molecule has 0 aliphatic heterocycles. The van der Waals surface area contributed by atoms with E-state index in [1.807, 2.05) is 0 Å². The Bertz CT molecular complexity index is 701. The Balaban J connectivity index is 1.52. The first-order chi connectivity index (χ1) is 14.1. The zero-order chi connectivity index (χ0) is 21.5. The minimum Gasteiger partial charge on any atom is -0.0996 e. The number of hydrogen-bond donors (Lipinski definition) is 0. The largest absolute Gasteiger partial charge is 0.0996 e. The third-order valence-electron chi connectivity index (χ3n) is 13.0. The van der Waals surface area contributed by atoms with E-state index in [-0.39, 0.29) is 0 Å². The van der Waals surface area contributed by atoms with Crippen molar-refractivity contribution in [3.63, 3.8) is 0 Å². The summed E-state index contributed by atoms with van der Waals surface area (Å²) in [7, 11) is 0. The van der Waals surface area contributed by atoms with Gasteiger partial charge in [0.2, 0.25) is 0 Å². The smallest absolute Gasteiger partial charge is 0.0172 e. The average Bonchev–Trinajstić information content (AvgIpc) is 3.11. The van der Waals surface area contributed by atoms with Crippen molar-refractivity contribution in [2.24, 2.45) is 57.2 Å². The Morgan fingerprint density at radius 2 is 1.50 bits per heavy atom. The van der Waals surface area contributed by atoms with E-state index in [4.69, 9.17) is 0 Å². The summed E-state index contributed by atoms with van der Waals surface area (Å²) in [6, 6.07) is 0. The zero-order valence-corrected chi connectivity index (χ0v) is 21.2. The second-order valence-electron chi connectivity index (χ2n) is 14.1. The molecule has 0 heterocycles. The lowest BCUT2D eigenvalue weighted by Gasteiger charge is -2.72. The van der Waals surface area contributed by atoms with Gasteiger partial charge in [-0.3, -0.25) is 0 Å². The summed E-state index contributed by atoms with van der Waals surface area (Å²) in [5.74, 6) is 5.68. The fraction of sp³-hybridized carbons (Fsp3) is 0.933. The molecule has 5 unspecified atom stereocenters. The lowest BCUT2D eigenvalue weighted by atomic mass is 9.33. The second kappa shape index (κ2) is 6.87. The van der Waals surface area contributed by atoms with E-state index < -0.39 is 0 Å². The Kier molecular flexibility index (Phi) is 4.94. The van der Waals surface area contributed by atoms with E-state index in [9.17, 15) is 0 Å². The molecule has 9 atom stereocenters. The van der Waals surface area contributed by atoms with Crippen molar-refractivity contribution in [3.05, 3.63) is 12.2 Å². The van der Waals surface area contributed by atoms with Crippen LogP contribution in [0.25, 0.3) is 0 Å². The summed E-state index contributed by atoms with van der Waals surface area (Å²) in [6.45, 7) is 20.5. The standard InChI is InChI=1S/C30H50/c1-8-20(2)22-11-10-21-14-18-29(6)23(26(21)22)12-13-25-28(5)17-9-16-27(3,4)24(28)15-19-30(25,29)7/h21-26H,2,8-19H2,1,3-7H3/t21?,22-,23?,24?,25?,26?,28-,29+,30+/m0/s1. The number of rotatable bonds is 2. The molecule has 0 saturated heterocycles. The number of fused-ring (bicyclic) bond motifs is 7. The van der Waals surface area contributed by atoms with Crippen LogP contribution in [0.4, 0.5) is 0 Å². The molecule has 0 aromatic heterocycles. The van der Waals surface area contributed by atoms with E-state index in [0.717, 1.165) is 35.5 Å². The molecule has 0 N–H and O–H groups in total. The Morgan fingerprint density at radius 1 is 0.767 bits per heavy atom. The molecule has 0 aromatic rings. The van der Waals surface area contributed by atoms with Crippen LogP contribution in [-0.4, -0.2) is 0 Å². The normalized spacial score (nSPS) is 54.5. The van der Waals surface area contributed by atoms with E-state index in [0.29, 0.717) is 21.7 Å². The van der Waals surface area contributed by atoms with Crippen LogP contribution in [0.2, 0.25) is 0 Å². The third-order valence-corrected chi connectivity index (χ3v) is 13.0. The Labute approximate surface area is 188 Å². The summed E-state index contributed by atoms with van der Waals surface area (Å²) in [4.78, 5) is 0. The van der Waals surface area contributed by atoms with Gasteiger partial charge in [-0.2, -0.15) is 0 Å². The van der Waals surface area contributed by atoms with E-state index in [2.05, 4.69) is 48.1 Å². The molecule has 0 nitrogen and oxygen atoms in total. The molecule has 5 saturated carbocycles. The van der Waals surface area contributed by atoms with Crippen LogP contribution in [0.3, 0.4) is 0 Å². The maximum atomic E-state index is 4.59. The molecule has 5 aliphatic carbocycles. The minimum absolute atomic E-state index is 0.555. The highest BCUT2D eigenvalue weighted by molar-refractivity contribution is 5.19. The minimum atomic E-state index is 0.555. The van der Waals surface area contributed by atoms with Gasteiger partial charge in [0, 0.05) is 0 Å². The summed E-state index contributed by atoms with van der Waals surface area (Å²) in [5, 5.41) is 0. The van der Waals surface area contributed by atoms with Crippen molar-refractivity contribution >= 4 is 0 Å². The topological polar surface area (TPSA) is 0 Å². The molecule has 5 fully saturated rings. The maximum Gasteiger partial charge on any atom is -0.0172 e. The number of allylic oxidation sites excluding steroid dienone is 1. The first kappa shape index (κ1) is 21.6. The van der Waals surface area contributed by atoms with Crippen molar-refractivity contribution in [1.82, 2.24) is 0 Å². The van der Waals surface area contributed by atoms with E-state index in [1.54, 1.807) is 5.57 Å². The molecule has 170 valence electrons. The molecular weight excluding hydrogens is 360 g/mol. The first-order valence-corrected chi connectivity index (χ1v) is 13.8. The van der Waals surface area contributed by atoms with Gasteiger partial charge in [-0.15, -0.1) is 0 Å². The molecular formula is C30H50. The second-order valence-corrected chi connectivity index (χ2v) is 14.1. The summed E-state index contributed by atoms with van der Waals surface area (Å²) >= 11 is 0. The monoisotopic (exact) mass is 410 g/mol. The highest BCUT2D eigenvalue weighted by Crippen LogP contribution is 2.76. The quantitative estimate of drug-likeness (QED) is 0.398. The van der Waals surface area contributed by atoms with Crippen LogP contribution >= 0.6 is 0 Å². The van der Waals surface area contributed by atoms with Crippen molar-refractivity contribution in [2.45, 2.75) is 119 Å². The van der Waals surface area contributed by atoms with Gasteiger partial charge in [-0.25, -0.2) is 0 Å². The fourth-order valence-corrected chi connectivity index (χ4v) is 11.4. The molecule has 0 aromatic carbocycles. The van der Waals surface area contributed by atoms with Crippen molar-refractivity contribution < 1.29 is 0 Å². The highest BCUT2D eigenvalue weighted by Gasteiger charge is 2.68. The number of hydrogen-bond acceptors (Lipinski definition) is 0. The van der Waals surface area contributed by atoms with Crippen molar-refractivity contribution in [1.29, 1.82) is 0 Å². The van der Waals surface area contributed by atoms with E-state index in [1.165, 1.54) is 77.0 Å². The van der Waals surface area contributed by atoms with Crippen molar-refractivity contribution in [2.75, 3.05) is 0 Å². The average molecular weight is 411 g/mol. The highest BCUT2D eigenvalue weighted by atomic mass is 14.7. The van der Waals surface area contributed by atoms with Crippen LogP contribution in [0.1, 0.15) is 119 Å². The predicted octanol–water partition coefficient (Wildman–Crippen LogP) is 9.05. The van der Waals surface area contributed by atoms with E-state index >= 15 is 0 Å². The molecule has 30 heavy (non-hydrogen) atoms. The molecule has 5 rings (SSSR count). The van der Waals surface area contributed by atoms with Crippen LogP contribution in [0.5, 0.6) is 0 Å². The molecule has 0 amide bonds. The lowest BCUT2D eigenvalue weighted by molar-refractivity contribution is -0.228. The molecule has 0 radical (unpaired) electrons. The first-order valence-electron chi connectivity index (χ1n) is 13.8. The van der Waals surface area contributed by atoms with Gasteiger partial charge in [0.25, 0.3) is 0 Å². The SMILES string of the molecule is C=C(CC)[C@@H]1CCC2CC[C@]3(C)C(CCC4[C@@]5(C)CCCC(C)(C)C5CC[C@]43C)C21. The van der Waals surface area contributed by atoms with Gasteiger partial charge in [0.1, 0.15) is 0 Å². The van der Waals surface area contributed by atoms with Crippen LogP contribution in [0, 0.1) is 57.2 Å². The van der Waals surface area contributed by atoms with Gasteiger partial charge < -0.3 is 0 Å². The summed E-state index contributed by atoms with van der Waals surface area (Å²) in [5.41, 5.74) is 3.84. The van der Waals surface area contributed by atoms with Gasteiger partial charge in [0.15, 0.2) is 0 Å². The molecule has 5 aliphatic rings. The maximum absolute atomic E-state index is 4.59. The molecule has 0 spiro atoms. The van der Waals surface area contributed by atoms with Gasteiger partial charge >= 0.3 is 0 Å². The predicted molar refractivity (Wildman–Crippen MR) is 129 cm³/mol. The fourth-order valence-electron chi connectivity index (χ4n) is 11.4. The summed E-state index contributed by atoms with van der Waals surface area (Å²) < 4.78 is 0. The lowest BCUT2D eigenvalue weighted by Crippen LogP contribution is -2.64. The molecule has 0 bridgehead atoms.